The highest BCUT2D eigenvalue weighted by Gasteiger charge is 2.35. The molecule has 6 nitrogen and oxygen atoms in total. The van der Waals surface area contributed by atoms with E-state index in [0.717, 1.165) is 47.9 Å². The topological polar surface area (TPSA) is 82.1 Å². The van der Waals surface area contributed by atoms with Gasteiger partial charge in [-0.15, -0.1) is 0 Å². The molecule has 1 heterocycles. The van der Waals surface area contributed by atoms with E-state index in [9.17, 15) is 14.7 Å². The van der Waals surface area contributed by atoms with E-state index in [2.05, 4.69) is 0 Å². The number of fused-ring (bicyclic) bond motifs is 1. The van der Waals surface area contributed by atoms with Crippen molar-refractivity contribution in [1.82, 2.24) is 0 Å². The SMILES string of the molecule is COc1ccc(-c2cccc3c2COC3=O)c(C(CC(=O)O)C2CCCC2)c1OC. The van der Waals surface area contributed by atoms with Crippen LogP contribution in [-0.2, 0) is 16.1 Å². The van der Waals surface area contributed by atoms with Crippen molar-refractivity contribution >= 4 is 11.9 Å². The minimum atomic E-state index is -0.834. The van der Waals surface area contributed by atoms with Crippen LogP contribution in [0.2, 0.25) is 0 Å². The first kappa shape index (κ1) is 20.3. The summed E-state index contributed by atoms with van der Waals surface area (Å²) in [6, 6.07) is 9.33. The molecule has 6 heteroatoms. The van der Waals surface area contributed by atoms with Crippen LogP contribution in [-0.4, -0.2) is 31.3 Å². The average molecular weight is 410 g/mol. The molecular formula is C24H26O6. The van der Waals surface area contributed by atoms with Crippen molar-refractivity contribution in [2.45, 2.75) is 44.6 Å². The van der Waals surface area contributed by atoms with Gasteiger partial charge in [-0.1, -0.05) is 31.0 Å². The number of carboxylic acid groups (broad SMARTS) is 1. The number of esters is 1. The summed E-state index contributed by atoms with van der Waals surface area (Å²) in [7, 11) is 3.16. The van der Waals surface area contributed by atoms with E-state index in [1.807, 2.05) is 24.3 Å². The van der Waals surface area contributed by atoms with Gasteiger partial charge in [0.25, 0.3) is 0 Å². The van der Waals surface area contributed by atoms with Crippen LogP contribution in [0.15, 0.2) is 30.3 Å². The van der Waals surface area contributed by atoms with E-state index in [4.69, 9.17) is 14.2 Å². The fourth-order valence-electron chi connectivity index (χ4n) is 5.01. The maximum atomic E-state index is 12.1. The normalized spacial score (nSPS) is 16.8. The van der Waals surface area contributed by atoms with Crippen molar-refractivity contribution in [2.75, 3.05) is 14.2 Å². The molecule has 30 heavy (non-hydrogen) atoms. The van der Waals surface area contributed by atoms with Crippen LogP contribution in [0.25, 0.3) is 11.1 Å². The number of benzene rings is 2. The zero-order valence-corrected chi connectivity index (χ0v) is 17.3. The first-order chi connectivity index (χ1) is 14.5. The summed E-state index contributed by atoms with van der Waals surface area (Å²) in [5.41, 5.74) is 3.99. The third-order valence-electron chi connectivity index (χ3n) is 6.35. The Morgan fingerprint density at radius 2 is 1.83 bits per heavy atom. The van der Waals surface area contributed by atoms with Gasteiger partial charge in [-0.2, -0.15) is 0 Å². The molecule has 2 aromatic carbocycles. The number of hydrogen-bond acceptors (Lipinski definition) is 5. The molecule has 2 aliphatic rings. The van der Waals surface area contributed by atoms with Gasteiger partial charge in [0.05, 0.1) is 26.2 Å². The summed E-state index contributed by atoms with van der Waals surface area (Å²) in [5, 5.41) is 9.71. The van der Waals surface area contributed by atoms with Crippen LogP contribution >= 0.6 is 0 Å². The predicted molar refractivity (Wildman–Crippen MR) is 111 cm³/mol. The molecule has 2 aromatic rings. The number of carboxylic acids is 1. The van der Waals surface area contributed by atoms with Gasteiger partial charge in [0.1, 0.15) is 6.61 Å². The molecule has 0 amide bonds. The third-order valence-corrected chi connectivity index (χ3v) is 6.35. The summed E-state index contributed by atoms with van der Waals surface area (Å²) >= 11 is 0. The molecular weight excluding hydrogens is 384 g/mol. The Morgan fingerprint density at radius 3 is 2.50 bits per heavy atom. The monoisotopic (exact) mass is 410 g/mol. The van der Waals surface area contributed by atoms with E-state index in [1.165, 1.54) is 0 Å². The number of cyclic esters (lactones) is 1. The number of carbonyl (C=O) groups excluding carboxylic acids is 1. The average Bonchev–Trinajstić information content (AvgIpc) is 3.41. The van der Waals surface area contributed by atoms with Crippen LogP contribution < -0.4 is 9.47 Å². The molecule has 0 radical (unpaired) electrons. The number of aliphatic carboxylic acids is 1. The molecule has 4 rings (SSSR count). The van der Waals surface area contributed by atoms with Gasteiger partial charge >= 0.3 is 11.9 Å². The predicted octanol–water partition coefficient (Wildman–Crippen LogP) is 4.79. The third kappa shape index (κ3) is 3.51. The van der Waals surface area contributed by atoms with E-state index in [0.29, 0.717) is 17.1 Å². The molecule has 1 aliphatic heterocycles. The number of carbonyl (C=O) groups is 2. The highest BCUT2D eigenvalue weighted by atomic mass is 16.5. The van der Waals surface area contributed by atoms with Gasteiger partial charge in [-0.25, -0.2) is 4.79 Å². The molecule has 1 saturated carbocycles. The maximum Gasteiger partial charge on any atom is 0.338 e. The van der Waals surface area contributed by atoms with Crippen molar-refractivity contribution < 1.29 is 28.9 Å². The summed E-state index contributed by atoms with van der Waals surface area (Å²) in [6.45, 7) is 0.213. The maximum absolute atomic E-state index is 12.1. The Kier molecular flexibility index (Phi) is 5.66. The standard InChI is InChI=1S/C24H26O6/c1-28-20-11-10-16(15-8-5-9-17-19(15)13-30-24(17)27)22(23(20)29-2)18(12-21(25)26)14-6-3-4-7-14/h5,8-11,14,18H,3-4,6-7,12-13H2,1-2H3,(H,25,26). The van der Waals surface area contributed by atoms with Crippen molar-refractivity contribution in [3.8, 4) is 22.6 Å². The highest BCUT2D eigenvalue weighted by molar-refractivity contribution is 5.96. The molecule has 1 unspecified atom stereocenters. The Labute approximate surface area is 175 Å². The highest BCUT2D eigenvalue weighted by Crippen LogP contribution is 2.50. The first-order valence-electron chi connectivity index (χ1n) is 10.3. The lowest BCUT2D eigenvalue weighted by Crippen LogP contribution is -2.17. The summed E-state index contributed by atoms with van der Waals surface area (Å²) in [6.07, 6.45) is 4.21. The number of hydrogen-bond donors (Lipinski definition) is 1. The van der Waals surface area contributed by atoms with Gasteiger partial charge in [-0.3, -0.25) is 4.79 Å². The van der Waals surface area contributed by atoms with Crippen LogP contribution in [0, 0.1) is 5.92 Å². The van der Waals surface area contributed by atoms with Gasteiger partial charge in [0.15, 0.2) is 11.5 Å². The Hall–Kier alpha value is -3.02. The van der Waals surface area contributed by atoms with Gasteiger partial charge in [0.2, 0.25) is 0 Å². The number of ether oxygens (including phenoxy) is 3. The summed E-state index contributed by atoms with van der Waals surface area (Å²) in [5.74, 6) is 0.0289. The molecule has 0 bridgehead atoms. The van der Waals surface area contributed by atoms with E-state index in [1.54, 1.807) is 20.3 Å². The zero-order chi connectivity index (χ0) is 21.3. The van der Waals surface area contributed by atoms with Crippen molar-refractivity contribution in [1.29, 1.82) is 0 Å². The van der Waals surface area contributed by atoms with Crippen LogP contribution in [0.1, 0.15) is 59.5 Å². The molecule has 0 saturated heterocycles. The summed E-state index contributed by atoms with van der Waals surface area (Å²) in [4.78, 5) is 23.9. The molecule has 1 aliphatic carbocycles. The van der Waals surface area contributed by atoms with Crippen LogP contribution in [0.3, 0.4) is 0 Å². The fourth-order valence-corrected chi connectivity index (χ4v) is 5.01. The first-order valence-corrected chi connectivity index (χ1v) is 10.3. The minimum Gasteiger partial charge on any atom is -0.493 e. The second-order valence-corrected chi connectivity index (χ2v) is 7.92. The lowest BCUT2D eigenvalue weighted by Gasteiger charge is -2.28. The van der Waals surface area contributed by atoms with Gasteiger partial charge in [-0.05, 0) is 42.0 Å². The van der Waals surface area contributed by atoms with E-state index >= 15 is 0 Å². The molecule has 1 atom stereocenters. The van der Waals surface area contributed by atoms with Crippen LogP contribution in [0.4, 0.5) is 0 Å². The zero-order valence-electron chi connectivity index (χ0n) is 17.3. The van der Waals surface area contributed by atoms with E-state index < -0.39 is 5.97 Å². The number of methoxy groups -OCH3 is 2. The minimum absolute atomic E-state index is 0.0195. The largest absolute Gasteiger partial charge is 0.493 e. The second-order valence-electron chi connectivity index (χ2n) is 7.92. The fraction of sp³-hybridized carbons (Fsp3) is 0.417. The second kappa shape index (κ2) is 8.38. The molecule has 0 spiro atoms. The van der Waals surface area contributed by atoms with Gasteiger partial charge in [0, 0.05) is 17.0 Å². The molecule has 0 aromatic heterocycles. The molecule has 1 N–H and O–H groups in total. The quantitative estimate of drug-likeness (QED) is 0.661. The molecule has 1 fully saturated rings. The lowest BCUT2D eigenvalue weighted by molar-refractivity contribution is -0.137. The Balaban J connectivity index is 1.96. The smallest absolute Gasteiger partial charge is 0.338 e. The van der Waals surface area contributed by atoms with E-state index in [-0.39, 0.29) is 30.8 Å². The Morgan fingerprint density at radius 1 is 1.10 bits per heavy atom. The molecule has 158 valence electrons. The van der Waals surface area contributed by atoms with Crippen molar-refractivity contribution in [3.05, 3.63) is 47.0 Å². The van der Waals surface area contributed by atoms with Crippen molar-refractivity contribution in [3.63, 3.8) is 0 Å². The number of rotatable bonds is 7. The lowest BCUT2D eigenvalue weighted by atomic mass is 9.78. The van der Waals surface area contributed by atoms with Gasteiger partial charge < -0.3 is 19.3 Å². The van der Waals surface area contributed by atoms with Crippen LogP contribution in [0.5, 0.6) is 11.5 Å². The summed E-state index contributed by atoms with van der Waals surface area (Å²) < 4.78 is 16.6. The van der Waals surface area contributed by atoms with Crippen molar-refractivity contribution in [2.24, 2.45) is 5.92 Å². The Bertz CT molecular complexity index is 974.